The molecule has 1 aliphatic carbocycles. The number of rotatable bonds is 1. The molecular formula is C25H24N4OS. The second-order valence-corrected chi connectivity index (χ2v) is 10.7. The zero-order valence-electron chi connectivity index (χ0n) is 17.9. The maximum atomic E-state index is 10.9. The van der Waals surface area contributed by atoms with Gasteiger partial charge in [0.1, 0.15) is 16.9 Å². The number of hydrogen-bond acceptors (Lipinski definition) is 5. The summed E-state index contributed by atoms with van der Waals surface area (Å²) in [7, 11) is 0. The molecule has 1 aliphatic rings. The van der Waals surface area contributed by atoms with E-state index in [1.54, 1.807) is 22.2 Å². The molecule has 1 atom stereocenters. The number of aryl methyl sites for hydroxylation is 1. The van der Waals surface area contributed by atoms with Crippen LogP contribution in [0.3, 0.4) is 0 Å². The van der Waals surface area contributed by atoms with E-state index < -0.39 is 0 Å². The third kappa shape index (κ3) is 2.85. The van der Waals surface area contributed by atoms with Gasteiger partial charge in [-0.1, -0.05) is 51.1 Å². The zero-order chi connectivity index (χ0) is 21.3. The molecule has 6 heteroatoms. The van der Waals surface area contributed by atoms with E-state index in [1.165, 1.54) is 16.9 Å². The molecule has 0 radical (unpaired) electrons. The van der Waals surface area contributed by atoms with Crippen LogP contribution < -0.4 is 0 Å². The molecule has 5 aromatic rings. The number of aromatic nitrogens is 4. The Kier molecular flexibility index (Phi) is 3.93. The van der Waals surface area contributed by atoms with Gasteiger partial charge in [0.2, 0.25) is 0 Å². The molecule has 0 saturated heterocycles. The molecule has 5 nitrogen and oxygen atoms in total. The highest BCUT2D eigenvalue weighted by Gasteiger charge is 2.32. The summed E-state index contributed by atoms with van der Waals surface area (Å²) in [4.78, 5) is 12.1. The topological polar surface area (TPSA) is 63.3 Å². The first-order valence-electron chi connectivity index (χ1n) is 10.8. The first-order chi connectivity index (χ1) is 14.9. The summed E-state index contributed by atoms with van der Waals surface area (Å²) in [6.07, 6.45) is 5.10. The Balaban J connectivity index is 1.52. The molecule has 3 heterocycles. The lowest BCUT2D eigenvalue weighted by Crippen LogP contribution is -2.26. The smallest absolute Gasteiger partial charge is 0.185 e. The fourth-order valence-electron chi connectivity index (χ4n) is 4.86. The van der Waals surface area contributed by atoms with Crippen LogP contribution in [0.1, 0.15) is 37.6 Å². The predicted octanol–water partition coefficient (Wildman–Crippen LogP) is 6.02. The number of aromatic hydroxyl groups is 1. The minimum atomic E-state index is 0.221. The van der Waals surface area contributed by atoms with Crippen LogP contribution in [0.4, 0.5) is 0 Å². The summed E-state index contributed by atoms with van der Waals surface area (Å²) in [6, 6.07) is 11.7. The molecule has 0 bridgehead atoms. The van der Waals surface area contributed by atoms with Crippen molar-refractivity contribution in [3.8, 4) is 17.1 Å². The summed E-state index contributed by atoms with van der Waals surface area (Å²) < 4.78 is 1.76. The maximum Gasteiger partial charge on any atom is 0.185 e. The van der Waals surface area contributed by atoms with Crippen LogP contribution in [0, 0.1) is 11.3 Å². The van der Waals surface area contributed by atoms with Gasteiger partial charge in [0.15, 0.2) is 11.5 Å². The van der Waals surface area contributed by atoms with Gasteiger partial charge in [-0.3, -0.25) is 0 Å². The van der Waals surface area contributed by atoms with Gasteiger partial charge in [-0.25, -0.2) is 14.5 Å². The predicted molar refractivity (Wildman–Crippen MR) is 126 cm³/mol. The van der Waals surface area contributed by atoms with Crippen molar-refractivity contribution in [3.63, 3.8) is 0 Å². The number of hydrogen-bond donors (Lipinski definition) is 1. The number of fused-ring (bicyclic) bond motifs is 6. The molecule has 0 amide bonds. The van der Waals surface area contributed by atoms with Crippen molar-refractivity contribution in [3.05, 3.63) is 53.2 Å². The summed E-state index contributed by atoms with van der Waals surface area (Å²) >= 11 is 1.80. The SMILES string of the molecule is CC(C)(C)C1CCc2c(sc3ncn4nc(-c5ccc6ccccc6c5O)nc4c23)C1. The second kappa shape index (κ2) is 6.50. The lowest BCUT2D eigenvalue weighted by Gasteiger charge is -2.33. The summed E-state index contributed by atoms with van der Waals surface area (Å²) in [6.45, 7) is 7.02. The second-order valence-electron chi connectivity index (χ2n) is 9.62. The summed E-state index contributed by atoms with van der Waals surface area (Å²) in [5.41, 5.74) is 3.18. The highest BCUT2D eigenvalue weighted by Crippen LogP contribution is 2.44. The Morgan fingerprint density at radius 3 is 2.81 bits per heavy atom. The van der Waals surface area contributed by atoms with Crippen molar-refractivity contribution in [2.45, 2.75) is 40.0 Å². The van der Waals surface area contributed by atoms with E-state index in [-0.39, 0.29) is 5.75 Å². The molecule has 0 spiro atoms. The molecule has 0 aliphatic heterocycles. The van der Waals surface area contributed by atoms with Crippen molar-refractivity contribution in [2.24, 2.45) is 11.3 Å². The van der Waals surface area contributed by atoms with Gasteiger partial charge in [0.05, 0.1) is 10.9 Å². The largest absolute Gasteiger partial charge is 0.507 e. The van der Waals surface area contributed by atoms with Gasteiger partial charge in [-0.15, -0.1) is 16.4 Å². The van der Waals surface area contributed by atoms with Gasteiger partial charge in [0.25, 0.3) is 0 Å². The van der Waals surface area contributed by atoms with Crippen LogP contribution in [0.15, 0.2) is 42.7 Å². The van der Waals surface area contributed by atoms with Gasteiger partial charge in [-0.2, -0.15) is 0 Å². The minimum absolute atomic E-state index is 0.221. The molecule has 31 heavy (non-hydrogen) atoms. The highest BCUT2D eigenvalue weighted by molar-refractivity contribution is 7.19. The fraction of sp³-hybridized carbons (Fsp3) is 0.320. The van der Waals surface area contributed by atoms with E-state index in [9.17, 15) is 5.11 Å². The average molecular weight is 429 g/mol. The first kappa shape index (κ1) is 18.8. The van der Waals surface area contributed by atoms with Crippen molar-refractivity contribution < 1.29 is 5.11 Å². The number of nitrogens with zero attached hydrogens (tertiary/aromatic N) is 4. The van der Waals surface area contributed by atoms with E-state index >= 15 is 0 Å². The number of phenolic OH excluding ortho intramolecular Hbond substituents is 1. The molecule has 3 aromatic heterocycles. The molecule has 6 rings (SSSR count). The minimum Gasteiger partial charge on any atom is -0.507 e. The fourth-order valence-corrected chi connectivity index (χ4v) is 6.12. The van der Waals surface area contributed by atoms with Crippen molar-refractivity contribution in [1.29, 1.82) is 0 Å². The Hall–Kier alpha value is -2.99. The van der Waals surface area contributed by atoms with Gasteiger partial charge in [0, 0.05) is 10.3 Å². The Bertz CT molecular complexity index is 1470. The van der Waals surface area contributed by atoms with Crippen molar-refractivity contribution >= 4 is 38.0 Å². The highest BCUT2D eigenvalue weighted by atomic mass is 32.1. The van der Waals surface area contributed by atoms with Crippen molar-refractivity contribution in [1.82, 2.24) is 19.6 Å². The lowest BCUT2D eigenvalue weighted by atomic mass is 9.72. The molecule has 0 fully saturated rings. The van der Waals surface area contributed by atoms with E-state index in [4.69, 9.17) is 9.97 Å². The van der Waals surface area contributed by atoms with Crippen LogP contribution in [0.25, 0.3) is 38.0 Å². The van der Waals surface area contributed by atoms with Crippen LogP contribution >= 0.6 is 11.3 Å². The molecule has 0 saturated carbocycles. The van der Waals surface area contributed by atoms with Gasteiger partial charge >= 0.3 is 0 Å². The van der Waals surface area contributed by atoms with E-state index in [1.807, 2.05) is 36.4 Å². The van der Waals surface area contributed by atoms with Gasteiger partial charge in [-0.05, 0) is 47.6 Å². The summed E-state index contributed by atoms with van der Waals surface area (Å²) in [5, 5.41) is 18.5. The van der Waals surface area contributed by atoms with Crippen LogP contribution in [0.5, 0.6) is 5.75 Å². The Morgan fingerprint density at radius 1 is 1.13 bits per heavy atom. The third-order valence-corrected chi connectivity index (χ3v) is 7.91. The summed E-state index contributed by atoms with van der Waals surface area (Å²) in [5.74, 6) is 1.44. The molecular weight excluding hydrogens is 404 g/mol. The third-order valence-electron chi connectivity index (χ3n) is 6.75. The zero-order valence-corrected chi connectivity index (χ0v) is 18.7. The first-order valence-corrected chi connectivity index (χ1v) is 11.6. The normalized spacial score (nSPS) is 16.9. The Morgan fingerprint density at radius 2 is 1.97 bits per heavy atom. The number of benzene rings is 2. The number of thiophene rings is 1. The molecule has 1 unspecified atom stereocenters. The maximum absolute atomic E-state index is 10.9. The van der Waals surface area contributed by atoms with E-state index in [0.29, 0.717) is 22.7 Å². The Labute approximate surface area is 184 Å². The van der Waals surface area contributed by atoms with E-state index in [2.05, 4.69) is 25.9 Å². The van der Waals surface area contributed by atoms with Crippen LogP contribution in [-0.2, 0) is 12.8 Å². The lowest BCUT2D eigenvalue weighted by molar-refractivity contribution is 0.218. The van der Waals surface area contributed by atoms with E-state index in [0.717, 1.165) is 39.5 Å². The quantitative estimate of drug-likeness (QED) is 0.355. The average Bonchev–Trinajstić information content (AvgIpc) is 3.33. The molecule has 2 aromatic carbocycles. The van der Waals surface area contributed by atoms with Crippen molar-refractivity contribution in [2.75, 3.05) is 0 Å². The number of phenols is 1. The standard InChI is InChI=1S/C25H24N4OS/c1-25(2,3)15-9-11-17-19(12-15)31-24-20(17)23-27-22(28-29(23)13-26-24)18-10-8-14-6-4-5-7-16(14)21(18)30/h4-8,10,13,15,30H,9,11-12H2,1-3H3. The molecule has 156 valence electrons. The monoisotopic (exact) mass is 428 g/mol. The molecule has 1 N–H and O–H groups in total. The van der Waals surface area contributed by atoms with Crippen LogP contribution in [-0.4, -0.2) is 24.7 Å². The van der Waals surface area contributed by atoms with Crippen LogP contribution in [0.2, 0.25) is 0 Å². The van der Waals surface area contributed by atoms with Gasteiger partial charge < -0.3 is 5.11 Å².